The lowest BCUT2D eigenvalue weighted by Crippen LogP contribution is -2.01. The minimum atomic E-state index is 0.323. The third-order valence-electron chi connectivity index (χ3n) is 3.77. The van der Waals surface area contributed by atoms with Gasteiger partial charge in [-0.2, -0.15) is 0 Å². The fraction of sp³-hybridized carbons (Fsp3) is 0.222. The van der Waals surface area contributed by atoms with Crippen LogP contribution < -0.4 is 5.32 Å². The summed E-state index contributed by atoms with van der Waals surface area (Å²) in [6.07, 6.45) is 0.875. The Morgan fingerprint density at radius 1 is 1.14 bits per heavy atom. The fourth-order valence-electron chi connectivity index (χ4n) is 2.58. The molecule has 1 aromatic heterocycles. The standard InChI is InChI=1S/C18H19NO2/c1-3-17-15(14-6-4-5-7-18(14)21-17)11-19-13-8-9-16(20)12(2)10-13/h4-10,19-20H,3,11H2,1-2H3. The molecule has 0 unspecified atom stereocenters. The fourth-order valence-corrected chi connectivity index (χ4v) is 2.58. The van der Waals surface area contributed by atoms with Gasteiger partial charge in [0.2, 0.25) is 0 Å². The van der Waals surface area contributed by atoms with Gasteiger partial charge in [0.1, 0.15) is 17.1 Å². The molecule has 1 heterocycles. The Morgan fingerprint density at radius 3 is 2.71 bits per heavy atom. The molecule has 108 valence electrons. The van der Waals surface area contributed by atoms with Gasteiger partial charge >= 0.3 is 0 Å². The molecule has 0 spiro atoms. The number of phenolic OH excluding ortho intramolecular Hbond substituents is 1. The Kier molecular flexibility index (Phi) is 3.57. The van der Waals surface area contributed by atoms with Crippen molar-refractivity contribution in [3.63, 3.8) is 0 Å². The van der Waals surface area contributed by atoms with Crippen LogP contribution in [0, 0.1) is 6.92 Å². The highest BCUT2D eigenvalue weighted by molar-refractivity contribution is 5.82. The molecule has 2 N–H and O–H groups in total. The Hall–Kier alpha value is -2.42. The van der Waals surface area contributed by atoms with Crippen molar-refractivity contribution in [1.29, 1.82) is 0 Å². The van der Waals surface area contributed by atoms with Gasteiger partial charge in [-0.05, 0) is 36.8 Å². The first-order valence-electron chi connectivity index (χ1n) is 7.22. The largest absolute Gasteiger partial charge is 0.508 e. The highest BCUT2D eigenvalue weighted by atomic mass is 16.3. The third-order valence-corrected chi connectivity index (χ3v) is 3.77. The Balaban J connectivity index is 1.89. The highest BCUT2D eigenvalue weighted by Gasteiger charge is 2.12. The van der Waals surface area contributed by atoms with E-state index in [1.54, 1.807) is 6.07 Å². The van der Waals surface area contributed by atoms with Gasteiger partial charge in [0, 0.05) is 29.6 Å². The second-order valence-electron chi connectivity index (χ2n) is 5.21. The van der Waals surface area contributed by atoms with Gasteiger partial charge < -0.3 is 14.8 Å². The average molecular weight is 281 g/mol. The van der Waals surface area contributed by atoms with E-state index in [0.717, 1.165) is 34.4 Å². The molecule has 0 amide bonds. The molecule has 0 saturated heterocycles. The maximum absolute atomic E-state index is 9.58. The van der Waals surface area contributed by atoms with E-state index in [-0.39, 0.29) is 0 Å². The van der Waals surface area contributed by atoms with Crippen LogP contribution in [0.25, 0.3) is 11.0 Å². The zero-order valence-electron chi connectivity index (χ0n) is 12.3. The second kappa shape index (κ2) is 5.52. The van der Waals surface area contributed by atoms with Crippen molar-refractivity contribution in [2.24, 2.45) is 0 Å². The van der Waals surface area contributed by atoms with Crippen molar-refractivity contribution in [3.8, 4) is 5.75 Å². The molecule has 0 atom stereocenters. The minimum absolute atomic E-state index is 0.323. The van der Waals surface area contributed by atoms with Crippen molar-refractivity contribution in [3.05, 3.63) is 59.4 Å². The first-order chi connectivity index (χ1) is 10.2. The van der Waals surface area contributed by atoms with Gasteiger partial charge in [0.05, 0.1) is 0 Å². The molecular formula is C18H19NO2. The predicted molar refractivity (Wildman–Crippen MR) is 85.8 cm³/mol. The van der Waals surface area contributed by atoms with Crippen molar-refractivity contribution in [1.82, 2.24) is 0 Å². The molecule has 0 fully saturated rings. The number of nitrogens with one attached hydrogen (secondary N) is 1. The van der Waals surface area contributed by atoms with Gasteiger partial charge in [-0.3, -0.25) is 0 Å². The SMILES string of the molecule is CCc1oc2ccccc2c1CNc1ccc(O)c(C)c1. The van der Waals surface area contributed by atoms with Gasteiger partial charge in [0.25, 0.3) is 0 Å². The molecule has 21 heavy (non-hydrogen) atoms. The maximum atomic E-state index is 9.58. The Bertz CT molecular complexity index is 774. The normalized spacial score (nSPS) is 11.0. The van der Waals surface area contributed by atoms with Crippen LogP contribution in [-0.2, 0) is 13.0 Å². The number of para-hydroxylation sites is 1. The highest BCUT2D eigenvalue weighted by Crippen LogP contribution is 2.27. The zero-order valence-corrected chi connectivity index (χ0v) is 12.3. The van der Waals surface area contributed by atoms with E-state index in [1.165, 1.54) is 5.56 Å². The molecule has 2 aromatic carbocycles. The number of aromatic hydroxyl groups is 1. The summed E-state index contributed by atoms with van der Waals surface area (Å²) < 4.78 is 5.90. The first kappa shape index (κ1) is 13.6. The molecule has 0 saturated carbocycles. The molecule has 0 bridgehead atoms. The van der Waals surface area contributed by atoms with Gasteiger partial charge in [0.15, 0.2) is 0 Å². The molecule has 3 heteroatoms. The molecule has 3 aromatic rings. The molecule has 0 radical (unpaired) electrons. The van der Waals surface area contributed by atoms with Crippen molar-refractivity contribution in [2.45, 2.75) is 26.8 Å². The lowest BCUT2D eigenvalue weighted by Gasteiger charge is -2.08. The number of benzene rings is 2. The smallest absolute Gasteiger partial charge is 0.134 e. The predicted octanol–water partition coefficient (Wildman–Crippen LogP) is 4.62. The number of hydrogen-bond acceptors (Lipinski definition) is 3. The van der Waals surface area contributed by atoms with Crippen LogP contribution in [0.3, 0.4) is 0 Å². The van der Waals surface area contributed by atoms with Crippen LogP contribution in [-0.4, -0.2) is 5.11 Å². The Morgan fingerprint density at radius 2 is 1.95 bits per heavy atom. The number of aryl methyl sites for hydroxylation is 2. The number of phenols is 1. The summed E-state index contributed by atoms with van der Waals surface area (Å²) in [4.78, 5) is 0. The van der Waals surface area contributed by atoms with E-state index in [0.29, 0.717) is 12.3 Å². The number of furan rings is 1. The van der Waals surface area contributed by atoms with Crippen LogP contribution in [0.4, 0.5) is 5.69 Å². The average Bonchev–Trinajstić information content (AvgIpc) is 2.86. The van der Waals surface area contributed by atoms with Crippen molar-refractivity contribution < 1.29 is 9.52 Å². The molecule has 0 aliphatic carbocycles. The maximum Gasteiger partial charge on any atom is 0.134 e. The van der Waals surface area contributed by atoms with E-state index < -0.39 is 0 Å². The van der Waals surface area contributed by atoms with Crippen LogP contribution in [0.15, 0.2) is 46.9 Å². The summed E-state index contributed by atoms with van der Waals surface area (Å²) in [5, 5.41) is 14.2. The van der Waals surface area contributed by atoms with Gasteiger partial charge in [-0.15, -0.1) is 0 Å². The van der Waals surface area contributed by atoms with Crippen LogP contribution in [0.5, 0.6) is 5.75 Å². The topological polar surface area (TPSA) is 45.4 Å². The Labute approximate surface area is 124 Å². The van der Waals surface area contributed by atoms with E-state index >= 15 is 0 Å². The minimum Gasteiger partial charge on any atom is -0.508 e. The number of rotatable bonds is 4. The summed E-state index contributed by atoms with van der Waals surface area (Å²) in [7, 11) is 0. The first-order valence-corrected chi connectivity index (χ1v) is 7.22. The number of hydrogen-bond donors (Lipinski definition) is 2. The van der Waals surface area contributed by atoms with Crippen LogP contribution in [0.1, 0.15) is 23.8 Å². The summed E-state index contributed by atoms with van der Waals surface area (Å²) in [6.45, 7) is 4.71. The lowest BCUT2D eigenvalue weighted by molar-refractivity contribution is 0.471. The summed E-state index contributed by atoms with van der Waals surface area (Å²) in [5.74, 6) is 1.35. The second-order valence-corrected chi connectivity index (χ2v) is 5.21. The molecule has 0 aliphatic rings. The van der Waals surface area contributed by atoms with Crippen LogP contribution in [0.2, 0.25) is 0 Å². The van der Waals surface area contributed by atoms with E-state index in [9.17, 15) is 5.11 Å². The van der Waals surface area contributed by atoms with E-state index in [1.807, 2.05) is 37.3 Å². The molecule has 3 rings (SSSR count). The quantitative estimate of drug-likeness (QED) is 0.686. The monoisotopic (exact) mass is 281 g/mol. The molecule has 0 aliphatic heterocycles. The van der Waals surface area contributed by atoms with Crippen LogP contribution >= 0.6 is 0 Å². The zero-order chi connectivity index (χ0) is 14.8. The van der Waals surface area contributed by atoms with Crippen molar-refractivity contribution in [2.75, 3.05) is 5.32 Å². The van der Waals surface area contributed by atoms with E-state index in [4.69, 9.17) is 4.42 Å². The van der Waals surface area contributed by atoms with Crippen molar-refractivity contribution >= 4 is 16.7 Å². The summed E-state index contributed by atoms with van der Waals surface area (Å²) in [5.41, 5.74) is 4.01. The number of anilines is 1. The van der Waals surface area contributed by atoms with Gasteiger partial charge in [-0.1, -0.05) is 25.1 Å². The molecule has 3 nitrogen and oxygen atoms in total. The third kappa shape index (κ3) is 2.59. The summed E-state index contributed by atoms with van der Waals surface area (Å²) in [6, 6.07) is 13.7. The number of fused-ring (bicyclic) bond motifs is 1. The lowest BCUT2D eigenvalue weighted by atomic mass is 10.1. The van der Waals surface area contributed by atoms with Gasteiger partial charge in [-0.25, -0.2) is 0 Å². The van der Waals surface area contributed by atoms with E-state index in [2.05, 4.69) is 18.3 Å². The summed E-state index contributed by atoms with van der Waals surface area (Å²) >= 11 is 0. The molecular weight excluding hydrogens is 262 g/mol.